The molecule has 1 heterocycles. The Balaban J connectivity index is 0.00000242. The highest BCUT2D eigenvalue weighted by Gasteiger charge is 2.25. The molecule has 6 heteroatoms. The van der Waals surface area contributed by atoms with E-state index in [2.05, 4.69) is 15.5 Å². The molecule has 0 aliphatic carbocycles. The maximum Gasteiger partial charge on any atom is 0.234 e. The summed E-state index contributed by atoms with van der Waals surface area (Å²) < 4.78 is 5.18. The summed E-state index contributed by atoms with van der Waals surface area (Å²) in [6.07, 6.45) is 2.35. The van der Waals surface area contributed by atoms with Gasteiger partial charge in [-0.05, 0) is 44.1 Å². The summed E-state index contributed by atoms with van der Waals surface area (Å²) >= 11 is 0. The molecule has 5 nitrogen and oxygen atoms in total. The number of carbonyl (C=O) groups excluding carboxylic acids is 1. The lowest BCUT2D eigenvalue weighted by atomic mass is 10.2. The summed E-state index contributed by atoms with van der Waals surface area (Å²) in [5.41, 5.74) is 1.05. The number of benzene rings is 1. The minimum absolute atomic E-state index is 0. The summed E-state index contributed by atoms with van der Waals surface area (Å²) in [4.78, 5) is 14.3. The van der Waals surface area contributed by atoms with E-state index in [1.165, 1.54) is 12.8 Å². The molecule has 1 aliphatic rings. The van der Waals surface area contributed by atoms with Gasteiger partial charge < -0.3 is 15.4 Å². The van der Waals surface area contributed by atoms with Crippen LogP contribution in [-0.2, 0) is 11.3 Å². The molecule has 0 bridgehead atoms. The van der Waals surface area contributed by atoms with Gasteiger partial charge in [0.1, 0.15) is 5.75 Å². The number of rotatable bonds is 7. The molecule has 1 fully saturated rings. The predicted octanol–water partition coefficient (Wildman–Crippen LogP) is 1.42. The summed E-state index contributed by atoms with van der Waals surface area (Å²) in [6, 6.07) is 8.25. The normalized spacial score (nSPS) is 17.8. The maximum atomic E-state index is 12.1. The van der Waals surface area contributed by atoms with Crippen molar-refractivity contribution in [3.8, 4) is 5.75 Å². The van der Waals surface area contributed by atoms with Gasteiger partial charge in [-0.15, -0.1) is 12.4 Å². The summed E-state index contributed by atoms with van der Waals surface area (Å²) in [5, 5.41) is 6.18. The number of carbonyl (C=O) groups is 1. The number of likely N-dealkylation sites (tertiary alicyclic amines) is 1. The van der Waals surface area contributed by atoms with Crippen LogP contribution >= 0.6 is 12.4 Å². The third kappa shape index (κ3) is 5.48. The van der Waals surface area contributed by atoms with E-state index in [0.29, 0.717) is 19.1 Å². The van der Waals surface area contributed by atoms with Crippen LogP contribution < -0.4 is 15.4 Å². The third-order valence-corrected chi connectivity index (χ3v) is 3.91. The second kappa shape index (κ2) is 9.66. The zero-order valence-corrected chi connectivity index (χ0v) is 14.1. The van der Waals surface area contributed by atoms with Crippen LogP contribution in [0, 0.1) is 0 Å². The van der Waals surface area contributed by atoms with Gasteiger partial charge in [0.05, 0.1) is 13.7 Å². The predicted molar refractivity (Wildman–Crippen MR) is 90.6 cm³/mol. The van der Waals surface area contributed by atoms with E-state index in [0.717, 1.165) is 24.4 Å². The quantitative estimate of drug-likeness (QED) is 0.795. The van der Waals surface area contributed by atoms with Crippen LogP contribution in [-0.4, -0.2) is 50.6 Å². The number of likely N-dealkylation sites (N-methyl/N-ethyl adjacent to an activating group) is 1. The molecule has 1 aromatic rings. The number of methoxy groups -OCH3 is 1. The van der Waals surface area contributed by atoms with Crippen molar-refractivity contribution in [1.29, 1.82) is 0 Å². The van der Waals surface area contributed by atoms with E-state index in [4.69, 9.17) is 4.74 Å². The molecule has 1 saturated heterocycles. The van der Waals surface area contributed by atoms with Gasteiger partial charge in [-0.1, -0.05) is 12.1 Å². The zero-order chi connectivity index (χ0) is 15.1. The highest BCUT2D eigenvalue weighted by atomic mass is 35.5. The Bertz CT molecular complexity index is 470. The molecule has 1 amide bonds. The standard InChI is InChI=1S/C16H25N3O2.ClH/c1-17-11-14-6-4-8-19(14)12-16(20)18-10-13-5-3-7-15(9-13)21-2;/h3,5,7,9,14,17H,4,6,8,10-12H2,1-2H3,(H,18,20);1H. The van der Waals surface area contributed by atoms with E-state index in [1.807, 2.05) is 31.3 Å². The second-order valence-corrected chi connectivity index (χ2v) is 5.45. The van der Waals surface area contributed by atoms with Crippen LogP contribution in [0.25, 0.3) is 0 Å². The summed E-state index contributed by atoms with van der Waals surface area (Å²) in [7, 11) is 3.60. The maximum absolute atomic E-state index is 12.1. The largest absolute Gasteiger partial charge is 0.497 e. The lowest BCUT2D eigenvalue weighted by molar-refractivity contribution is -0.122. The van der Waals surface area contributed by atoms with Gasteiger partial charge in [-0.3, -0.25) is 9.69 Å². The van der Waals surface area contributed by atoms with E-state index in [9.17, 15) is 4.79 Å². The van der Waals surface area contributed by atoms with E-state index in [1.54, 1.807) is 7.11 Å². The van der Waals surface area contributed by atoms with Gasteiger partial charge in [0, 0.05) is 19.1 Å². The van der Waals surface area contributed by atoms with Gasteiger partial charge in [-0.2, -0.15) is 0 Å². The number of ether oxygens (including phenoxy) is 1. The van der Waals surface area contributed by atoms with Gasteiger partial charge in [-0.25, -0.2) is 0 Å². The van der Waals surface area contributed by atoms with Crippen molar-refractivity contribution < 1.29 is 9.53 Å². The molecule has 0 spiro atoms. The zero-order valence-electron chi connectivity index (χ0n) is 13.3. The van der Waals surface area contributed by atoms with Gasteiger partial charge >= 0.3 is 0 Å². The number of amides is 1. The van der Waals surface area contributed by atoms with Crippen LogP contribution in [0.1, 0.15) is 18.4 Å². The molecular formula is C16H26ClN3O2. The third-order valence-electron chi connectivity index (χ3n) is 3.91. The average molecular weight is 328 g/mol. The van der Waals surface area contributed by atoms with Gasteiger partial charge in [0.15, 0.2) is 0 Å². The van der Waals surface area contributed by atoms with Crippen molar-refractivity contribution in [2.75, 3.05) is 33.8 Å². The molecule has 0 aromatic heterocycles. The smallest absolute Gasteiger partial charge is 0.234 e. The Morgan fingerprint density at radius 1 is 1.45 bits per heavy atom. The van der Waals surface area contributed by atoms with Crippen molar-refractivity contribution >= 4 is 18.3 Å². The Labute approximate surface area is 138 Å². The summed E-state index contributed by atoms with van der Waals surface area (Å²) in [6.45, 7) is 2.99. The van der Waals surface area contributed by atoms with Crippen molar-refractivity contribution in [3.05, 3.63) is 29.8 Å². The molecule has 1 atom stereocenters. The SMILES string of the molecule is CNCC1CCCN1CC(=O)NCc1cccc(OC)c1.Cl. The lowest BCUT2D eigenvalue weighted by Gasteiger charge is -2.23. The lowest BCUT2D eigenvalue weighted by Crippen LogP contribution is -2.43. The first-order chi connectivity index (χ1) is 10.2. The first kappa shape index (κ1) is 18.7. The molecule has 2 rings (SSSR count). The molecular weight excluding hydrogens is 302 g/mol. The average Bonchev–Trinajstić information content (AvgIpc) is 2.93. The summed E-state index contributed by atoms with van der Waals surface area (Å²) in [5.74, 6) is 0.899. The van der Waals surface area contributed by atoms with Crippen molar-refractivity contribution in [3.63, 3.8) is 0 Å². The van der Waals surface area contributed by atoms with Crippen molar-refractivity contribution in [1.82, 2.24) is 15.5 Å². The van der Waals surface area contributed by atoms with Gasteiger partial charge in [0.2, 0.25) is 5.91 Å². The minimum Gasteiger partial charge on any atom is -0.497 e. The Morgan fingerprint density at radius 3 is 3.00 bits per heavy atom. The number of nitrogens with zero attached hydrogens (tertiary/aromatic N) is 1. The van der Waals surface area contributed by atoms with Crippen LogP contribution in [0.3, 0.4) is 0 Å². The molecule has 1 aliphatic heterocycles. The first-order valence-electron chi connectivity index (χ1n) is 7.51. The van der Waals surface area contributed by atoms with Crippen LogP contribution in [0.2, 0.25) is 0 Å². The van der Waals surface area contributed by atoms with E-state index >= 15 is 0 Å². The fourth-order valence-corrected chi connectivity index (χ4v) is 2.79. The van der Waals surface area contributed by atoms with E-state index < -0.39 is 0 Å². The number of halogens is 1. The fraction of sp³-hybridized carbons (Fsp3) is 0.562. The molecule has 1 unspecified atom stereocenters. The minimum atomic E-state index is 0. The van der Waals surface area contributed by atoms with Crippen LogP contribution in [0.5, 0.6) is 5.75 Å². The Hall–Kier alpha value is -1.30. The van der Waals surface area contributed by atoms with Crippen LogP contribution in [0.15, 0.2) is 24.3 Å². The highest BCUT2D eigenvalue weighted by Crippen LogP contribution is 2.16. The highest BCUT2D eigenvalue weighted by molar-refractivity contribution is 5.85. The Morgan fingerprint density at radius 2 is 2.27 bits per heavy atom. The van der Waals surface area contributed by atoms with Crippen molar-refractivity contribution in [2.45, 2.75) is 25.4 Å². The molecule has 1 aromatic carbocycles. The molecule has 0 radical (unpaired) electrons. The molecule has 22 heavy (non-hydrogen) atoms. The van der Waals surface area contributed by atoms with Crippen LogP contribution in [0.4, 0.5) is 0 Å². The van der Waals surface area contributed by atoms with Crippen molar-refractivity contribution in [2.24, 2.45) is 0 Å². The second-order valence-electron chi connectivity index (χ2n) is 5.45. The Kier molecular flexibility index (Phi) is 8.24. The monoisotopic (exact) mass is 327 g/mol. The van der Waals surface area contributed by atoms with E-state index in [-0.39, 0.29) is 18.3 Å². The number of nitrogens with one attached hydrogen (secondary N) is 2. The molecule has 0 saturated carbocycles. The fourth-order valence-electron chi connectivity index (χ4n) is 2.79. The van der Waals surface area contributed by atoms with Gasteiger partial charge in [0.25, 0.3) is 0 Å². The topological polar surface area (TPSA) is 53.6 Å². The first-order valence-corrected chi connectivity index (χ1v) is 7.51. The molecule has 124 valence electrons. The number of hydrogen-bond donors (Lipinski definition) is 2. The number of hydrogen-bond acceptors (Lipinski definition) is 4. The molecule has 2 N–H and O–H groups in total.